The highest BCUT2D eigenvalue weighted by molar-refractivity contribution is 9.10. The van der Waals surface area contributed by atoms with E-state index in [1.165, 1.54) is 4.68 Å². The summed E-state index contributed by atoms with van der Waals surface area (Å²) in [6.07, 6.45) is 1.68. The van der Waals surface area contributed by atoms with Crippen LogP contribution in [0.1, 0.15) is 19.9 Å². The van der Waals surface area contributed by atoms with Crippen molar-refractivity contribution >= 4 is 21.6 Å². The number of nitrogens with two attached hydrogens (primary N) is 1. The first-order chi connectivity index (χ1) is 7.49. The highest BCUT2D eigenvalue weighted by atomic mass is 79.9. The summed E-state index contributed by atoms with van der Waals surface area (Å²) in [5, 5.41) is 4.13. The third kappa shape index (κ3) is 2.62. The first-order valence-corrected chi connectivity index (χ1v) is 5.96. The van der Waals surface area contributed by atoms with Crippen molar-refractivity contribution in [2.45, 2.75) is 19.9 Å². The Morgan fingerprint density at radius 2 is 2.25 bits per heavy atom. The second kappa shape index (κ2) is 5.45. The minimum Gasteiger partial charge on any atom is -0.371 e. The van der Waals surface area contributed by atoms with Crippen molar-refractivity contribution in [1.82, 2.24) is 9.78 Å². The molecule has 0 aliphatic carbocycles. The lowest BCUT2D eigenvalue weighted by atomic mass is 10.3. The summed E-state index contributed by atoms with van der Waals surface area (Å²) in [7, 11) is 1.88. The number of likely N-dealkylation sites (N-methyl/N-ethyl adjacent to an activating group) is 1. The van der Waals surface area contributed by atoms with E-state index in [9.17, 15) is 4.79 Å². The molecule has 0 amide bonds. The smallest absolute Gasteiger partial charge is 0.283 e. The van der Waals surface area contributed by atoms with Gasteiger partial charge in [-0.2, -0.15) is 5.10 Å². The molecule has 0 spiro atoms. The van der Waals surface area contributed by atoms with Crippen molar-refractivity contribution in [2.75, 3.05) is 25.0 Å². The molecule has 0 radical (unpaired) electrons. The molecule has 6 heteroatoms. The fourth-order valence-electron chi connectivity index (χ4n) is 1.38. The fraction of sp³-hybridized carbons (Fsp3) is 0.600. The van der Waals surface area contributed by atoms with Gasteiger partial charge in [-0.1, -0.05) is 0 Å². The van der Waals surface area contributed by atoms with Gasteiger partial charge in [0, 0.05) is 20.1 Å². The van der Waals surface area contributed by atoms with Gasteiger partial charge in [-0.15, -0.1) is 0 Å². The number of anilines is 1. The van der Waals surface area contributed by atoms with Gasteiger partial charge in [-0.25, -0.2) is 4.68 Å². The van der Waals surface area contributed by atoms with Gasteiger partial charge in [0.15, 0.2) is 0 Å². The molecule has 1 heterocycles. The Bertz CT molecular complexity index is 416. The third-order valence-corrected chi connectivity index (χ3v) is 3.04. The van der Waals surface area contributed by atoms with E-state index in [4.69, 9.17) is 5.73 Å². The normalized spacial score (nSPS) is 10.9. The maximum atomic E-state index is 11.9. The van der Waals surface area contributed by atoms with Crippen LogP contribution in [0.5, 0.6) is 0 Å². The van der Waals surface area contributed by atoms with Crippen molar-refractivity contribution < 1.29 is 0 Å². The van der Waals surface area contributed by atoms with Gasteiger partial charge in [0.05, 0.1) is 17.9 Å². The number of hydrogen-bond donors (Lipinski definition) is 1. The van der Waals surface area contributed by atoms with Crippen molar-refractivity contribution in [3.05, 3.63) is 21.0 Å². The second-order valence-electron chi connectivity index (χ2n) is 3.90. The van der Waals surface area contributed by atoms with E-state index >= 15 is 0 Å². The lowest BCUT2D eigenvalue weighted by molar-refractivity contribution is 0.500. The zero-order valence-electron chi connectivity index (χ0n) is 9.77. The average Bonchev–Trinajstić information content (AvgIpc) is 2.21. The minimum atomic E-state index is -0.114. The van der Waals surface area contributed by atoms with Gasteiger partial charge < -0.3 is 10.6 Å². The first-order valence-electron chi connectivity index (χ1n) is 5.17. The molecule has 0 fully saturated rings. The summed E-state index contributed by atoms with van der Waals surface area (Å²) in [5.41, 5.74) is 6.13. The van der Waals surface area contributed by atoms with Crippen LogP contribution in [0.4, 0.5) is 5.69 Å². The molecule has 90 valence electrons. The molecule has 0 saturated carbocycles. The van der Waals surface area contributed by atoms with Crippen molar-refractivity contribution in [3.8, 4) is 0 Å². The van der Waals surface area contributed by atoms with Crippen LogP contribution in [0.15, 0.2) is 15.5 Å². The van der Waals surface area contributed by atoms with Gasteiger partial charge in [-0.05, 0) is 29.8 Å². The first kappa shape index (κ1) is 13.2. The zero-order chi connectivity index (χ0) is 12.3. The molecule has 5 nitrogen and oxygen atoms in total. The molecule has 1 rings (SSSR count). The Balaban J connectivity index is 3.17. The quantitative estimate of drug-likeness (QED) is 0.897. The van der Waals surface area contributed by atoms with Gasteiger partial charge in [0.1, 0.15) is 4.47 Å². The number of halogens is 1. The molecular formula is C10H17BrN4O. The molecule has 0 bridgehead atoms. The SMILES string of the molecule is CC(C)n1ncc(N(C)CCN)c(Br)c1=O. The molecule has 1 aromatic heterocycles. The van der Waals surface area contributed by atoms with Crippen LogP contribution in [0.25, 0.3) is 0 Å². The van der Waals surface area contributed by atoms with Crippen LogP contribution in [0.3, 0.4) is 0 Å². The van der Waals surface area contributed by atoms with Gasteiger partial charge in [0.2, 0.25) is 0 Å². The summed E-state index contributed by atoms with van der Waals surface area (Å²) in [4.78, 5) is 13.8. The Labute approximate surface area is 103 Å². The van der Waals surface area contributed by atoms with Crippen LogP contribution in [-0.2, 0) is 0 Å². The molecular weight excluding hydrogens is 272 g/mol. The Morgan fingerprint density at radius 1 is 1.62 bits per heavy atom. The number of aromatic nitrogens is 2. The van der Waals surface area contributed by atoms with E-state index in [0.29, 0.717) is 17.6 Å². The summed E-state index contributed by atoms with van der Waals surface area (Å²) in [6.45, 7) is 5.07. The average molecular weight is 289 g/mol. The topological polar surface area (TPSA) is 64.2 Å². The summed E-state index contributed by atoms with van der Waals surface area (Å²) < 4.78 is 1.98. The Hall–Kier alpha value is -0.880. The third-order valence-electron chi connectivity index (χ3n) is 2.29. The van der Waals surface area contributed by atoms with Crippen LogP contribution in [0.2, 0.25) is 0 Å². The molecule has 0 atom stereocenters. The Morgan fingerprint density at radius 3 is 2.75 bits per heavy atom. The maximum Gasteiger partial charge on any atom is 0.283 e. The minimum absolute atomic E-state index is 0.0534. The van der Waals surface area contributed by atoms with Gasteiger partial charge in [0.25, 0.3) is 5.56 Å². The van der Waals surface area contributed by atoms with E-state index in [-0.39, 0.29) is 11.6 Å². The van der Waals surface area contributed by atoms with Crippen LogP contribution < -0.4 is 16.2 Å². The summed E-state index contributed by atoms with van der Waals surface area (Å²) in [6, 6.07) is 0.0534. The predicted octanol–water partition coefficient (Wildman–Crippen LogP) is 0.982. The lowest BCUT2D eigenvalue weighted by Crippen LogP contribution is -2.30. The standard InChI is InChI=1S/C10H17BrN4O/c1-7(2)15-10(16)9(11)8(6-13-15)14(3)5-4-12/h6-7H,4-5,12H2,1-3H3. The van der Waals surface area contributed by atoms with Gasteiger partial charge in [-0.3, -0.25) is 4.79 Å². The van der Waals surface area contributed by atoms with Gasteiger partial charge >= 0.3 is 0 Å². The highest BCUT2D eigenvalue weighted by Gasteiger charge is 2.13. The van der Waals surface area contributed by atoms with Crippen molar-refractivity contribution in [3.63, 3.8) is 0 Å². The largest absolute Gasteiger partial charge is 0.371 e. The molecule has 16 heavy (non-hydrogen) atoms. The number of rotatable bonds is 4. The van der Waals surface area contributed by atoms with E-state index < -0.39 is 0 Å². The second-order valence-corrected chi connectivity index (χ2v) is 4.69. The Kier molecular flexibility index (Phi) is 4.49. The summed E-state index contributed by atoms with van der Waals surface area (Å²) >= 11 is 3.31. The molecule has 0 aliphatic heterocycles. The number of hydrogen-bond acceptors (Lipinski definition) is 4. The van der Waals surface area contributed by atoms with Crippen LogP contribution in [-0.4, -0.2) is 29.9 Å². The van der Waals surface area contributed by atoms with Crippen molar-refractivity contribution in [2.24, 2.45) is 5.73 Å². The van der Waals surface area contributed by atoms with Crippen molar-refractivity contribution in [1.29, 1.82) is 0 Å². The van der Waals surface area contributed by atoms with E-state index in [1.807, 2.05) is 25.8 Å². The lowest BCUT2D eigenvalue weighted by Gasteiger charge is -2.20. The molecule has 0 saturated heterocycles. The molecule has 2 N–H and O–H groups in total. The summed E-state index contributed by atoms with van der Waals surface area (Å²) in [5.74, 6) is 0. The van der Waals surface area contributed by atoms with Crippen LogP contribution >= 0.6 is 15.9 Å². The number of nitrogens with zero attached hydrogens (tertiary/aromatic N) is 3. The van der Waals surface area contributed by atoms with E-state index in [1.54, 1.807) is 6.20 Å². The molecule has 0 aliphatic rings. The predicted molar refractivity (Wildman–Crippen MR) is 68.9 cm³/mol. The maximum absolute atomic E-state index is 11.9. The zero-order valence-corrected chi connectivity index (χ0v) is 11.4. The van der Waals surface area contributed by atoms with Crippen LogP contribution in [0, 0.1) is 0 Å². The van der Waals surface area contributed by atoms with E-state index in [0.717, 1.165) is 5.69 Å². The highest BCUT2D eigenvalue weighted by Crippen LogP contribution is 2.20. The molecule has 1 aromatic rings. The molecule has 0 aromatic carbocycles. The molecule has 0 unspecified atom stereocenters. The fourth-order valence-corrected chi connectivity index (χ4v) is 1.97. The monoisotopic (exact) mass is 288 g/mol. The van der Waals surface area contributed by atoms with E-state index in [2.05, 4.69) is 21.0 Å².